The number of aryl methyl sites for hydroxylation is 1. The first-order valence-electron chi connectivity index (χ1n) is 9.67. The molecule has 1 heterocycles. The largest absolute Gasteiger partial charge is 0.463 e. The first-order valence-corrected chi connectivity index (χ1v) is 11.1. The van der Waals surface area contributed by atoms with Gasteiger partial charge in [-0.1, -0.05) is 36.7 Å². The van der Waals surface area contributed by atoms with Crippen LogP contribution in [0.2, 0.25) is 5.02 Å². The van der Waals surface area contributed by atoms with Crippen LogP contribution in [0.1, 0.15) is 33.3 Å². The molecule has 1 aliphatic rings. The van der Waals surface area contributed by atoms with Crippen molar-refractivity contribution in [3.8, 4) is 0 Å². The maximum Gasteiger partial charge on any atom is 0.303 e. The minimum atomic E-state index is -0.716. The van der Waals surface area contributed by atoms with Crippen LogP contribution in [0.4, 0.5) is 0 Å². The zero-order valence-electron chi connectivity index (χ0n) is 17.5. The molecule has 3 unspecified atom stereocenters. The smallest absolute Gasteiger partial charge is 0.303 e. The molecule has 1 aromatic rings. The number of thioether (sulfide) groups is 1. The summed E-state index contributed by atoms with van der Waals surface area (Å²) in [6.07, 6.45) is -1.31. The van der Waals surface area contributed by atoms with Gasteiger partial charge in [-0.2, -0.15) is 0 Å². The molecule has 0 aliphatic carbocycles. The molecule has 7 nitrogen and oxygen atoms in total. The van der Waals surface area contributed by atoms with Crippen molar-refractivity contribution in [3.05, 3.63) is 34.9 Å². The van der Waals surface area contributed by atoms with Gasteiger partial charge in [0.15, 0.2) is 0 Å². The Kier molecular flexibility index (Phi) is 9.45. The monoisotopic (exact) mass is 458 g/mol. The van der Waals surface area contributed by atoms with Crippen molar-refractivity contribution in [1.82, 2.24) is 0 Å². The summed E-state index contributed by atoms with van der Waals surface area (Å²) in [4.78, 5) is 34.6. The fraction of sp³-hybridized carbons (Fsp3) is 0.571. The van der Waals surface area contributed by atoms with E-state index < -0.39 is 41.7 Å². The van der Waals surface area contributed by atoms with Crippen molar-refractivity contribution >= 4 is 41.3 Å². The average molecular weight is 459 g/mol. The van der Waals surface area contributed by atoms with Crippen molar-refractivity contribution in [1.29, 1.82) is 0 Å². The van der Waals surface area contributed by atoms with E-state index in [2.05, 4.69) is 0 Å². The number of carbonyl (C=O) groups excluding carboxylic acids is 3. The third kappa shape index (κ3) is 7.18. The highest BCUT2D eigenvalue weighted by molar-refractivity contribution is 7.99. The van der Waals surface area contributed by atoms with Crippen molar-refractivity contribution < 1.29 is 33.3 Å². The highest BCUT2D eigenvalue weighted by Crippen LogP contribution is 2.36. The van der Waals surface area contributed by atoms with Crippen LogP contribution in [0.25, 0.3) is 0 Å². The number of hydrogen-bond donors (Lipinski definition) is 0. The molecule has 1 saturated heterocycles. The van der Waals surface area contributed by atoms with E-state index in [1.165, 1.54) is 32.5 Å². The zero-order valence-corrected chi connectivity index (χ0v) is 19.0. The van der Waals surface area contributed by atoms with E-state index in [1.54, 1.807) is 0 Å². The molecular formula is C21H27ClO7S. The Morgan fingerprint density at radius 1 is 1.03 bits per heavy atom. The van der Waals surface area contributed by atoms with Gasteiger partial charge >= 0.3 is 17.9 Å². The topological polar surface area (TPSA) is 88.1 Å². The molecule has 1 aromatic carbocycles. The molecule has 5 atom stereocenters. The van der Waals surface area contributed by atoms with Crippen LogP contribution in [-0.2, 0) is 39.8 Å². The van der Waals surface area contributed by atoms with Crippen LogP contribution in [0, 0.1) is 5.92 Å². The highest BCUT2D eigenvalue weighted by atomic mass is 35.5. The summed E-state index contributed by atoms with van der Waals surface area (Å²) in [5, 5.41) is 0.690. The van der Waals surface area contributed by atoms with Crippen LogP contribution in [0.5, 0.6) is 0 Å². The lowest BCUT2D eigenvalue weighted by Crippen LogP contribution is -2.56. The Morgan fingerprint density at radius 2 is 1.67 bits per heavy atom. The summed E-state index contributed by atoms with van der Waals surface area (Å²) in [6, 6.07) is 7.58. The molecule has 1 aliphatic heterocycles. The molecule has 9 heteroatoms. The summed E-state index contributed by atoms with van der Waals surface area (Å²) >= 11 is 7.70. The maximum atomic E-state index is 11.7. The summed E-state index contributed by atoms with van der Waals surface area (Å²) in [5.74, 6) is -1.10. The lowest BCUT2D eigenvalue weighted by Gasteiger charge is -2.44. The Balaban J connectivity index is 2.14. The molecule has 1 fully saturated rings. The van der Waals surface area contributed by atoms with Crippen molar-refractivity contribution in [2.24, 2.45) is 5.92 Å². The molecule has 166 valence electrons. The van der Waals surface area contributed by atoms with E-state index >= 15 is 0 Å². The van der Waals surface area contributed by atoms with E-state index in [9.17, 15) is 14.4 Å². The summed E-state index contributed by atoms with van der Waals surface area (Å²) < 4.78 is 22.2. The van der Waals surface area contributed by atoms with Crippen LogP contribution in [0.15, 0.2) is 24.3 Å². The van der Waals surface area contributed by atoms with E-state index in [4.69, 9.17) is 30.5 Å². The molecule has 0 amide bonds. The third-order valence-electron chi connectivity index (χ3n) is 4.65. The van der Waals surface area contributed by atoms with Crippen molar-refractivity contribution in [2.75, 3.05) is 12.4 Å². The predicted molar refractivity (Wildman–Crippen MR) is 113 cm³/mol. The number of ether oxygens (including phenoxy) is 4. The minimum absolute atomic E-state index is 0.0635. The molecule has 0 spiro atoms. The lowest BCUT2D eigenvalue weighted by atomic mass is 9.91. The van der Waals surface area contributed by atoms with E-state index in [1.807, 2.05) is 31.2 Å². The lowest BCUT2D eigenvalue weighted by molar-refractivity contribution is -0.212. The van der Waals surface area contributed by atoms with Gasteiger partial charge in [0.2, 0.25) is 0 Å². The summed E-state index contributed by atoms with van der Waals surface area (Å²) in [5.41, 5.74) is 0.493. The number of esters is 3. The standard InChI is InChI=1S/C21H27ClO7S/c1-12-19(27-14(3)24)18(11-26-13(2)23)29-21(20(12)28-15(4)25)30-10-9-16-7-5-6-8-17(16)22/h5-8,12,18-21H,9-11H2,1-4H3/t12?,18?,19-,20?,21-/m1/s1. The molecule has 30 heavy (non-hydrogen) atoms. The van der Waals surface area contributed by atoms with Gasteiger partial charge in [-0.25, -0.2) is 0 Å². The SMILES string of the molecule is CC(=O)OCC1O[C@H](SCCc2ccccc2Cl)C(OC(C)=O)C(C)[C@H]1OC(C)=O. The molecule has 0 radical (unpaired) electrons. The quantitative estimate of drug-likeness (QED) is 0.432. The Bertz CT molecular complexity index is 755. The first kappa shape index (κ1) is 24.5. The number of hydrogen-bond acceptors (Lipinski definition) is 8. The summed E-state index contributed by atoms with van der Waals surface area (Å²) in [6.45, 7) is 5.67. The van der Waals surface area contributed by atoms with Gasteiger partial charge in [0.1, 0.15) is 30.4 Å². The second-order valence-corrected chi connectivity index (χ2v) is 8.68. The Labute approximate surface area is 185 Å². The van der Waals surface area contributed by atoms with E-state index in [-0.39, 0.29) is 12.5 Å². The van der Waals surface area contributed by atoms with Gasteiger partial charge in [-0.3, -0.25) is 14.4 Å². The molecule has 0 saturated carbocycles. The molecular weight excluding hydrogens is 432 g/mol. The molecule has 0 N–H and O–H groups in total. The van der Waals surface area contributed by atoms with Crippen molar-refractivity contribution in [2.45, 2.75) is 57.9 Å². The molecule has 0 bridgehead atoms. The fourth-order valence-electron chi connectivity index (χ4n) is 3.28. The highest BCUT2D eigenvalue weighted by Gasteiger charge is 2.47. The fourth-order valence-corrected chi connectivity index (χ4v) is 4.80. The number of rotatable bonds is 8. The van der Waals surface area contributed by atoms with E-state index in [0.717, 1.165) is 5.56 Å². The van der Waals surface area contributed by atoms with E-state index in [0.29, 0.717) is 17.2 Å². The van der Waals surface area contributed by atoms with Gasteiger partial charge in [0, 0.05) is 37.5 Å². The first-order chi connectivity index (χ1) is 14.2. The van der Waals surface area contributed by atoms with Gasteiger partial charge in [0.05, 0.1) is 0 Å². The van der Waals surface area contributed by atoms with Gasteiger partial charge in [-0.05, 0) is 18.1 Å². The van der Waals surface area contributed by atoms with Gasteiger partial charge in [0.25, 0.3) is 0 Å². The van der Waals surface area contributed by atoms with Crippen LogP contribution in [-0.4, -0.2) is 54.0 Å². The second-order valence-electron chi connectivity index (χ2n) is 7.06. The third-order valence-corrected chi connectivity index (χ3v) is 6.16. The second kappa shape index (κ2) is 11.6. The predicted octanol–water partition coefficient (Wildman–Crippen LogP) is 3.40. The minimum Gasteiger partial charge on any atom is -0.463 e. The van der Waals surface area contributed by atoms with Gasteiger partial charge in [-0.15, -0.1) is 11.8 Å². The molecule has 2 rings (SSSR count). The van der Waals surface area contributed by atoms with Crippen LogP contribution in [0.3, 0.4) is 0 Å². The van der Waals surface area contributed by atoms with Gasteiger partial charge < -0.3 is 18.9 Å². The Morgan fingerprint density at radius 3 is 2.27 bits per heavy atom. The number of benzene rings is 1. The molecule has 0 aromatic heterocycles. The Hall–Kier alpha value is -1.77. The van der Waals surface area contributed by atoms with Crippen LogP contribution < -0.4 is 0 Å². The average Bonchev–Trinajstić information content (AvgIpc) is 2.66. The van der Waals surface area contributed by atoms with Crippen LogP contribution >= 0.6 is 23.4 Å². The normalized spacial score (nSPS) is 26.0. The van der Waals surface area contributed by atoms with Crippen molar-refractivity contribution in [3.63, 3.8) is 0 Å². The zero-order chi connectivity index (χ0) is 22.3. The number of halogens is 1. The number of carbonyl (C=O) groups is 3. The maximum absolute atomic E-state index is 11.7. The summed E-state index contributed by atoms with van der Waals surface area (Å²) in [7, 11) is 0.